The van der Waals surface area contributed by atoms with Crippen LogP contribution in [0.15, 0.2) is 53.7 Å². The Morgan fingerprint density at radius 3 is 2.79 bits per heavy atom. The molecule has 0 unspecified atom stereocenters. The van der Waals surface area contributed by atoms with Gasteiger partial charge in [-0.15, -0.1) is 11.8 Å². The molecule has 0 bridgehead atoms. The number of carbonyl (C=O) groups is 1. The van der Waals surface area contributed by atoms with Crippen LogP contribution in [0.2, 0.25) is 0 Å². The zero-order chi connectivity index (χ0) is 19.4. The first-order valence-electron chi connectivity index (χ1n) is 10.0. The second-order valence-corrected chi connectivity index (χ2v) is 8.06. The number of ether oxygens (including phenoxy) is 1. The summed E-state index contributed by atoms with van der Waals surface area (Å²) < 4.78 is 5.86. The minimum Gasteiger partial charge on any atom is -0.494 e. The predicted octanol–water partition coefficient (Wildman–Crippen LogP) is 3.74. The van der Waals surface area contributed by atoms with Gasteiger partial charge < -0.3 is 10.1 Å². The van der Waals surface area contributed by atoms with E-state index in [0.717, 1.165) is 23.6 Å². The summed E-state index contributed by atoms with van der Waals surface area (Å²) in [6, 6.07) is 12.2. The Labute approximate surface area is 171 Å². The average Bonchev–Trinajstić information content (AvgIpc) is 2.74. The zero-order valence-corrected chi connectivity index (χ0v) is 17.1. The second kappa shape index (κ2) is 11.7. The first-order valence-corrected chi connectivity index (χ1v) is 11.0. The molecule has 1 aromatic carbocycles. The second-order valence-electron chi connectivity index (χ2n) is 7.01. The van der Waals surface area contributed by atoms with E-state index in [-0.39, 0.29) is 5.91 Å². The molecule has 1 aromatic heterocycles. The fraction of sp³-hybridized carbons (Fsp3) is 0.455. The molecule has 1 saturated heterocycles. The lowest BCUT2D eigenvalue weighted by molar-refractivity contribution is -0.118. The van der Waals surface area contributed by atoms with Crippen molar-refractivity contribution in [1.82, 2.24) is 15.2 Å². The Hall–Kier alpha value is -2.05. The molecule has 0 spiro atoms. The highest BCUT2D eigenvalue weighted by Gasteiger charge is 2.10. The topological polar surface area (TPSA) is 54.5 Å². The molecule has 1 fully saturated rings. The highest BCUT2D eigenvalue weighted by molar-refractivity contribution is 8.00. The van der Waals surface area contributed by atoms with Crippen LogP contribution in [0.25, 0.3) is 0 Å². The lowest BCUT2D eigenvalue weighted by atomic mass is 10.1. The number of amides is 1. The van der Waals surface area contributed by atoms with Crippen molar-refractivity contribution in [2.45, 2.75) is 37.1 Å². The van der Waals surface area contributed by atoms with Crippen LogP contribution >= 0.6 is 11.8 Å². The summed E-state index contributed by atoms with van der Waals surface area (Å²) in [4.78, 5) is 19.4. The predicted molar refractivity (Wildman–Crippen MR) is 114 cm³/mol. The van der Waals surface area contributed by atoms with Gasteiger partial charge in [0.1, 0.15) is 5.75 Å². The molecular formula is C22H29N3O2S. The summed E-state index contributed by atoms with van der Waals surface area (Å²) in [5.41, 5.74) is 1.31. The standard InChI is InChI=1S/C22H29N3O2S/c26-22(18-28-21-8-11-23-12-9-21)24-10-5-15-27-20-7-4-6-19(16-20)17-25-13-2-1-3-14-25/h4,6-9,11-12,16H,1-3,5,10,13-15,17-18H2,(H,24,26). The molecule has 5 nitrogen and oxygen atoms in total. The number of nitrogens with zero attached hydrogens (tertiary/aromatic N) is 2. The molecule has 0 aliphatic carbocycles. The molecule has 2 aromatic rings. The lowest BCUT2D eigenvalue weighted by Gasteiger charge is -2.26. The normalized spacial score (nSPS) is 14.6. The molecule has 1 N–H and O–H groups in total. The first kappa shape index (κ1) is 20.7. The van der Waals surface area contributed by atoms with Crippen molar-refractivity contribution in [3.63, 3.8) is 0 Å². The lowest BCUT2D eigenvalue weighted by Crippen LogP contribution is -2.29. The van der Waals surface area contributed by atoms with E-state index in [1.54, 1.807) is 12.4 Å². The number of piperidine rings is 1. The van der Waals surface area contributed by atoms with Gasteiger partial charge in [0.25, 0.3) is 0 Å². The minimum atomic E-state index is 0.0466. The fourth-order valence-electron chi connectivity index (χ4n) is 3.23. The van der Waals surface area contributed by atoms with Crippen LogP contribution in [0.5, 0.6) is 5.75 Å². The van der Waals surface area contributed by atoms with Crippen LogP contribution in [0.3, 0.4) is 0 Å². The van der Waals surface area contributed by atoms with E-state index in [2.05, 4.69) is 33.4 Å². The quantitative estimate of drug-likeness (QED) is 0.487. The van der Waals surface area contributed by atoms with Gasteiger partial charge in [-0.2, -0.15) is 0 Å². The van der Waals surface area contributed by atoms with Crippen molar-refractivity contribution in [3.05, 3.63) is 54.4 Å². The number of hydrogen-bond donors (Lipinski definition) is 1. The smallest absolute Gasteiger partial charge is 0.230 e. The van der Waals surface area contributed by atoms with Gasteiger partial charge in [-0.05, 0) is 62.2 Å². The molecular weight excluding hydrogens is 370 g/mol. The van der Waals surface area contributed by atoms with Crippen molar-refractivity contribution < 1.29 is 9.53 Å². The van der Waals surface area contributed by atoms with Crippen molar-refractivity contribution in [2.24, 2.45) is 0 Å². The summed E-state index contributed by atoms with van der Waals surface area (Å²) in [6.45, 7) is 4.63. The summed E-state index contributed by atoms with van der Waals surface area (Å²) >= 11 is 1.52. The van der Waals surface area contributed by atoms with Gasteiger partial charge in [0.05, 0.1) is 12.4 Å². The van der Waals surface area contributed by atoms with Gasteiger partial charge in [0.15, 0.2) is 0 Å². The van der Waals surface area contributed by atoms with E-state index in [0.29, 0.717) is 18.9 Å². The number of benzene rings is 1. The molecule has 1 aliphatic rings. The maximum absolute atomic E-state index is 11.9. The van der Waals surface area contributed by atoms with Crippen LogP contribution in [-0.4, -0.2) is 47.8 Å². The third-order valence-corrected chi connectivity index (χ3v) is 5.70. The van der Waals surface area contributed by atoms with Crippen molar-refractivity contribution in [3.8, 4) is 5.75 Å². The van der Waals surface area contributed by atoms with Crippen LogP contribution in [-0.2, 0) is 11.3 Å². The number of carbonyl (C=O) groups excluding carboxylic acids is 1. The number of likely N-dealkylation sites (tertiary alicyclic amines) is 1. The SMILES string of the molecule is O=C(CSc1ccncc1)NCCCOc1cccc(CN2CCCCC2)c1. The Balaban J connectivity index is 1.29. The molecule has 0 radical (unpaired) electrons. The van der Waals surface area contributed by atoms with E-state index in [9.17, 15) is 4.79 Å². The molecule has 0 atom stereocenters. The Bertz CT molecular complexity index is 721. The first-order chi connectivity index (χ1) is 13.8. The summed E-state index contributed by atoms with van der Waals surface area (Å²) in [7, 11) is 0. The molecule has 150 valence electrons. The van der Waals surface area contributed by atoms with E-state index in [4.69, 9.17) is 4.74 Å². The number of thioether (sulfide) groups is 1. The van der Waals surface area contributed by atoms with E-state index >= 15 is 0 Å². The third kappa shape index (κ3) is 7.52. The van der Waals surface area contributed by atoms with Crippen LogP contribution in [0, 0.1) is 0 Å². The third-order valence-electron chi connectivity index (χ3n) is 4.68. The van der Waals surface area contributed by atoms with Gasteiger partial charge in [0, 0.05) is 30.4 Å². The van der Waals surface area contributed by atoms with E-state index in [1.165, 1.54) is 49.7 Å². The number of nitrogens with one attached hydrogen (secondary N) is 1. The van der Waals surface area contributed by atoms with Gasteiger partial charge in [-0.1, -0.05) is 18.6 Å². The minimum absolute atomic E-state index is 0.0466. The van der Waals surface area contributed by atoms with Crippen LogP contribution in [0.4, 0.5) is 0 Å². The highest BCUT2D eigenvalue weighted by Crippen LogP contribution is 2.18. The van der Waals surface area contributed by atoms with Gasteiger partial charge >= 0.3 is 0 Å². The maximum Gasteiger partial charge on any atom is 0.230 e. The summed E-state index contributed by atoms with van der Waals surface area (Å²) in [5, 5.41) is 2.94. The maximum atomic E-state index is 11.9. The Kier molecular flexibility index (Phi) is 8.65. The highest BCUT2D eigenvalue weighted by atomic mass is 32.2. The average molecular weight is 400 g/mol. The largest absolute Gasteiger partial charge is 0.494 e. The van der Waals surface area contributed by atoms with Crippen LogP contribution in [0.1, 0.15) is 31.2 Å². The van der Waals surface area contributed by atoms with Gasteiger partial charge in [-0.25, -0.2) is 0 Å². The van der Waals surface area contributed by atoms with Gasteiger partial charge in [0.2, 0.25) is 5.91 Å². The van der Waals surface area contributed by atoms with E-state index in [1.807, 2.05) is 18.2 Å². The number of rotatable bonds is 10. The molecule has 28 heavy (non-hydrogen) atoms. The van der Waals surface area contributed by atoms with E-state index < -0.39 is 0 Å². The van der Waals surface area contributed by atoms with Crippen molar-refractivity contribution in [1.29, 1.82) is 0 Å². The molecule has 1 aliphatic heterocycles. The van der Waals surface area contributed by atoms with Crippen molar-refractivity contribution in [2.75, 3.05) is 32.0 Å². The zero-order valence-electron chi connectivity index (χ0n) is 16.3. The summed E-state index contributed by atoms with van der Waals surface area (Å²) in [5.74, 6) is 1.38. The van der Waals surface area contributed by atoms with Crippen LogP contribution < -0.4 is 10.1 Å². The molecule has 2 heterocycles. The number of aromatic nitrogens is 1. The summed E-state index contributed by atoms with van der Waals surface area (Å²) in [6.07, 6.45) is 8.24. The molecule has 0 saturated carbocycles. The fourth-order valence-corrected chi connectivity index (χ4v) is 3.95. The Morgan fingerprint density at radius 1 is 1.14 bits per heavy atom. The molecule has 6 heteroatoms. The monoisotopic (exact) mass is 399 g/mol. The van der Waals surface area contributed by atoms with Crippen molar-refractivity contribution >= 4 is 17.7 Å². The molecule has 1 amide bonds. The number of hydrogen-bond acceptors (Lipinski definition) is 5. The van der Waals surface area contributed by atoms with Gasteiger partial charge in [-0.3, -0.25) is 14.7 Å². The molecule has 3 rings (SSSR count). The Morgan fingerprint density at radius 2 is 1.96 bits per heavy atom. The number of pyridine rings is 1.